The molecule has 0 bridgehead atoms. The summed E-state index contributed by atoms with van der Waals surface area (Å²) in [5, 5.41) is 9.79. The predicted molar refractivity (Wildman–Crippen MR) is 76.4 cm³/mol. The Morgan fingerprint density at radius 1 is 1.10 bits per heavy atom. The van der Waals surface area contributed by atoms with E-state index in [2.05, 4.69) is 4.98 Å². The molecular formula is C14H7Cl2NO3. The molecule has 6 heteroatoms. The highest BCUT2D eigenvalue weighted by Gasteiger charge is 2.12. The third-order valence-corrected chi connectivity index (χ3v) is 3.54. The van der Waals surface area contributed by atoms with Crippen molar-refractivity contribution in [3.05, 3.63) is 52.0 Å². The number of oxazole rings is 1. The number of aromatic carboxylic acids is 1. The molecule has 0 aliphatic rings. The summed E-state index contributed by atoms with van der Waals surface area (Å²) in [6.07, 6.45) is 0. The van der Waals surface area contributed by atoms with Gasteiger partial charge in [-0.3, -0.25) is 0 Å². The monoisotopic (exact) mass is 307 g/mol. The summed E-state index contributed by atoms with van der Waals surface area (Å²) < 4.78 is 5.58. The molecule has 0 fully saturated rings. The van der Waals surface area contributed by atoms with Crippen LogP contribution in [0.3, 0.4) is 0 Å². The minimum Gasteiger partial charge on any atom is -0.478 e. The van der Waals surface area contributed by atoms with E-state index in [1.54, 1.807) is 24.3 Å². The standard InChI is InChI=1S/C14H7Cl2NO3/c15-9-3-1-7(5-10(9)16)13-17-11-6-8(14(18)19)2-4-12(11)20-13/h1-6H,(H,18,19). The van der Waals surface area contributed by atoms with Gasteiger partial charge in [-0.1, -0.05) is 23.2 Å². The van der Waals surface area contributed by atoms with Crippen molar-refractivity contribution in [3.8, 4) is 11.5 Å². The van der Waals surface area contributed by atoms with Gasteiger partial charge in [-0.2, -0.15) is 0 Å². The van der Waals surface area contributed by atoms with Gasteiger partial charge in [0.15, 0.2) is 5.58 Å². The Bertz CT molecular complexity index is 826. The lowest BCUT2D eigenvalue weighted by Gasteiger charge is -1.97. The number of rotatable bonds is 2. The Morgan fingerprint density at radius 2 is 1.90 bits per heavy atom. The van der Waals surface area contributed by atoms with E-state index in [9.17, 15) is 4.79 Å². The number of carboxylic acid groups (broad SMARTS) is 1. The van der Waals surface area contributed by atoms with Crippen LogP contribution in [0.4, 0.5) is 0 Å². The highest BCUT2D eigenvalue weighted by Crippen LogP contribution is 2.30. The SMILES string of the molecule is O=C(O)c1ccc2oc(-c3ccc(Cl)c(Cl)c3)nc2c1. The molecule has 3 aromatic rings. The second-order valence-corrected chi connectivity index (χ2v) is 4.95. The lowest BCUT2D eigenvalue weighted by molar-refractivity contribution is 0.0697. The van der Waals surface area contributed by atoms with E-state index < -0.39 is 5.97 Å². The third-order valence-electron chi connectivity index (χ3n) is 2.80. The van der Waals surface area contributed by atoms with Gasteiger partial charge < -0.3 is 9.52 Å². The van der Waals surface area contributed by atoms with Gasteiger partial charge in [0.1, 0.15) is 5.52 Å². The van der Waals surface area contributed by atoms with Gasteiger partial charge in [0.05, 0.1) is 15.6 Å². The van der Waals surface area contributed by atoms with Gasteiger partial charge in [0, 0.05) is 5.56 Å². The molecule has 0 aliphatic carbocycles. The van der Waals surface area contributed by atoms with Crippen LogP contribution in [0.15, 0.2) is 40.8 Å². The van der Waals surface area contributed by atoms with Crippen molar-refractivity contribution < 1.29 is 14.3 Å². The van der Waals surface area contributed by atoms with Crippen LogP contribution in [0.2, 0.25) is 10.0 Å². The molecule has 0 unspecified atom stereocenters. The minimum absolute atomic E-state index is 0.159. The fourth-order valence-electron chi connectivity index (χ4n) is 1.81. The molecule has 1 N–H and O–H groups in total. The van der Waals surface area contributed by atoms with E-state index >= 15 is 0 Å². The molecule has 0 radical (unpaired) electrons. The van der Waals surface area contributed by atoms with Gasteiger partial charge in [-0.25, -0.2) is 9.78 Å². The van der Waals surface area contributed by atoms with E-state index in [-0.39, 0.29) is 5.56 Å². The molecule has 20 heavy (non-hydrogen) atoms. The Balaban J connectivity index is 2.12. The van der Waals surface area contributed by atoms with E-state index in [0.717, 1.165) is 0 Å². The first-order chi connectivity index (χ1) is 9.54. The number of benzene rings is 2. The first-order valence-electron chi connectivity index (χ1n) is 5.64. The number of carbonyl (C=O) groups is 1. The van der Waals surface area contributed by atoms with Gasteiger partial charge in [0.2, 0.25) is 5.89 Å². The summed E-state index contributed by atoms with van der Waals surface area (Å²) in [4.78, 5) is 15.2. The fraction of sp³-hybridized carbons (Fsp3) is 0. The lowest BCUT2D eigenvalue weighted by Crippen LogP contribution is -1.94. The van der Waals surface area contributed by atoms with Crippen molar-refractivity contribution in [1.82, 2.24) is 4.98 Å². The van der Waals surface area contributed by atoms with Crippen molar-refractivity contribution in [2.45, 2.75) is 0 Å². The summed E-state index contributed by atoms with van der Waals surface area (Å²) >= 11 is 11.8. The maximum absolute atomic E-state index is 10.9. The Kier molecular flexibility index (Phi) is 3.12. The van der Waals surface area contributed by atoms with Crippen LogP contribution in [-0.2, 0) is 0 Å². The summed E-state index contributed by atoms with van der Waals surface area (Å²) in [6.45, 7) is 0. The third kappa shape index (κ3) is 2.24. The van der Waals surface area contributed by atoms with Crippen molar-refractivity contribution in [3.63, 3.8) is 0 Å². The van der Waals surface area contributed by atoms with Crippen LogP contribution in [0.5, 0.6) is 0 Å². The molecule has 0 atom stereocenters. The van der Waals surface area contributed by atoms with Crippen LogP contribution in [0.25, 0.3) is 22.6 Å². The van der Waals surface area contributed by atoms with Crippen molar-refractivity contribution in [2.24, 2.45) is 0 Å². The fourth-order valence-corrected chi connectivity index (χ4v) is 2.11. The second-order valence-electron chi connectivity index (χ2n) is 4.14. The zero-order chi connectivity index (χ0) is 14.3. The molecule has 2 aromatic carbocycles. The second kappa shape index (κ2) is 4.81. The zero-order valence-electron chi connectivity index (χ0n) is 9.93. The largest absolute Gasteiger partial charge is 0.478 e. The average Bonchev–Trinajstić information content (AvgIpc) is 2.84. The number of hydrogen-bond acceptors (Lipinski definition) is 3. The molecule has 1 heterocycles. The number of hydrogen-bond donors (Lipinski definition) is 1. The summed E-state index contributed by atoms with van der Waals surface area (Å²) in [5.74, 6) is -0.646. The number of nitrogens with zero attached hydrogens (tertiary/aromatic N) is 1. The van der Waals surface area contributed by atoms with Crippen molar-refractivity contribution >= 4 is 40.3 Å². The molecular weight excluding hydrogens is 301 g/mol. The van der Waals surface area contributed by atoms with Crippen LogP contribution in [0.1, 0.15) is 10.4 Å². The number of carboxylic acids is 1. The van der Waals surface area contributed by atoms with E-state index in [0.29, 0.717) is 32.6 Å². The summed E-state index contributed by atoms with van der Waals surface area (Å²) in [5.41, 5.74) is 1.82. The number of fused-ring (bicyclic) bond motifs is 1. The quantitative estimate of drug-likeness (QED) is 0.757. The average molecular weight is 308 g/mol. The van der Waals surface area contributed by atoms with Crippen LogP contribution < -0.4 is 0 Å². The Labute approximate surface area is 123 Å². The van der Waals surface area contributed by atoms with Gasteiger partial charge >= 0.3 is 5.97 Å². The Morgan fingerprint density at radius 3 is 2.60 bits per heavy atom. The van der Waals surface area contributed by atoms with Crippen LogP contribution >= 0.6 is 23.2 Å². The van der Waals surface area contributed by atoms with Gasteiger partial charge in [-0.15, -0.1) is 0 Å². The highest BCUT2D eigenvalue weighted by atomic mass is 35.5. The summed E-state index contributed by atoms with van der Waals surface area (Å²) in [7, 11) is 0. The minimum atomic E-state index is -1.01. The number of halogens is 2. The highest BCUT2D eigenvalue weighted by molar-refractivity contribution is 6.42. The predicted octanol–water partition coefficient (Wildman–Crippen LogP) is 4.50. The van der Waals surface area contributed by atoms with Gasteiger partial charge in [0.25, 0.3) is 0 Å². The molecule has 3 rings (SSSR count). The molecule has 0 saturated carbocycles. The maximum atomic E-state index is 10.9. The molecule has 100 valence electrons. The van der Waals surface area contributed by atoms with Crippen LogP contribution in [-0.4, -0.2) is 16.1 Å². The molecule has 0 aliphatic heterocycles. The first-order valence-corrected chi connectivity index (χ1v) is 6.39. The molecule has 1 aromatic heterocycles. The smallest absolute Gasteiger partial charge is 0.335 e. The molecule has 4 nitrogen and oxygen atoms in total. The summed E-state index contributed by atoms with van der Waals surface area (Å²) in [6, 6.07) is 9.53. The maximum Gasteiger partial charge on any atom is 0.335 e. The van der Waals surface area contributed by atoms with Crippen molar-refractivity contribution in [2.75, 3.05) is 0 Å². The topological polar surface area (TPSA) is 63.3 Å². The zero-order valence-corrected chi connectivity index (χ0v) is 11.4. The number of aromatic nitrogens is 1. The Hall–Kier alpha value is -2.04. The van der Waals surface area contributed by atoms with E-state index in [1.807, 2.05) is 0 Å². The van der Waals surface area contributed by atoms with Gasteiger partial charge in [-0.05, 0) is 36.4 Å². The van der Waals surface area contributed by atoms with Crippen LogP contribution in [0, 0.1) is 0 Å². The first kappa shape index (κ1) is 13.0. The van der Waals surface area contributed by atoms with E-state index in [4.69, 9.17) is 32.7 Å². The normalized spacial score (nSPS) is 10.9. The van der Waals surface area contributed by atoms with Crippen molar-refractivity contribution in [1.29, 1.82) is 0 Å². The molecule has 0 amide bonds. The van der Waals surface area contributed by atoms with E-state index in [1.165, 1.54) is 12.1 Å². The lowest BCUT2D eigenvalue weighted by atomic mass is 10.2. The molecule has 0 spiro atoms. The molecule has 0 saturated heterocycles.